The van der Waals surface area contributed by atoms with Crippen LogP contribution in [0.25, 0.3) is 0 Å². The molecule has 1 amide bonds. The van der Waals surface area contributed by atoms with E-state index in [1.54, 1.807) is 17.0 Å². The highest BCUT2D eigenvalue weighted by Crippen LogP contribution is 2.35. The number of hydrogen-bond acceptors (Lipinski definition) is 6. The number of Topliss-reactive ketones (excluding diaryl/α,β-unsaturated/α-hetero) is 1. The van der Waals surface area contributed by atoms with Crippen molar-refractivity contribution < 1.29 is 28.6 Å². The number of amides is 1. The fraction of sp³-hybridized carbons (Fsp3) is 0.550. The molecule has 1 atom stereocenters. The summed E-state index contributed by atoms with van der Waals surface area (Å²) in [5, 5.41) is 0. The van der Waals surface area contributed by atoms with E-state index in [0.717, 1.165) is 19.3 Å². The number of benzene rings is 1. The van der Waals surface area contributed by atoms with E-state index in [2.05, 4.69) is 4.74 Å². The molecular formula is C20H25NO6. The minimum atomic E-state index is -0.325. The first kappa shape index (κ1) is 19.2. The Kier molecular flexibility index (Phi) is 5.98. The second kappa shape index (κ2) is 8.41. The summed E-state index contributed by atoms with van der Waals surface area (Å²) in [4.78, 5) is 38.6. The van der Waals surface area contributed by atoms with Crippen LogP contribution in [0.15, 0.2) is 12.1 Å². The third-order valence-corrected chi connectivity index (χ3v) is 5.13. The number of hydrogen-bond donors (Lipinski definition) is 0. The fourth-order valence-electron chi connectivity index (χ4n) is 3.69. The Morgan fingerprint density at radius 2 is 2.00 bits per heavy atom. The van der Waals surface area contributed by atoms with E-state index in [4.69, 9.17) is 9.47 Å². The number of rotatable bonds is 6. The zero-order valence-electron chi connectivity index (χ0n) is 15.8. The molecule has 7 nitrogen and oxygen atoms in total. The van der Waals surface area contributed by atoms with Gasteiger partial charge in [-0.1, -0.05) is 0 Å². The summed E-state index contributed by atoms with van der Waals surface area (Å²) in [7, 11) is 2.86. The van der Waals surface area contributed by atoms with Crippen LogP contribution in [-0.2, 0) is 20.7 Å². The monoisotopic (exact) mass is 375 g/mol. The molecule has 3 rings (SSSR count). The molecule has 0 spiro atoms. The smallest absolute Gasteiger partial charge is 0.305 e. The molecule has 146 valence electrons. The number of methoxy groups -OCH3 is 2. The number of nitrogens with zero attached hydrogens (tertiary/aromatic N) is 1. The van der Waals surface area contributed by atoms with E-state index in [1.165, 1.54) is 14.2 Å². The molecule has 0 N–H and O–H groups in total. The van der Waals surface area contributed by atoms with Gasteiger partial charge in [-0.15, -0.1) is 0 Å². The van der Waals surface area contributed by atoms with Crippen LogP contribution in [0.1, 0.15) is 48.0 Å². The standard InChI is InChI=1S/C20H25NO6/c1-25-17-12-14-13(11-18(17)27-9-5-7-19(23)26-2)10-16(22)15-6-3-4-8-21(15)20(14)24/h11-12,15H,3-10H2,1-2H3/t15-/m0/s1. The predicted octanol–water partition coefficient (Wildman–Crippen LogP) is 2.15. The maximum atomic E-state index is 13.0. The average molecular weight is 375 g/mol. The van der Waals surface area contributed by atoms with E-state index < -0.39 is 0 Å². The second-order valence-corrected chi connectivity index (χ2v) is 6.84. The van der Waals surface area contributed by atoms with Crippen molar-refractivity contribution in [3.05, 3.63) is 23.3 Å². The van der Waals surface area contributed by atoms with Crippen LogP contribution in [0.3, 0.4) is 0 Å². The second-order valence-electron chi connectivity index (χ2n) is 6.84. The van der Waals surface area contributed by atoms with Gasteiger partial charge in [-0.3, -0.25) is 14.4 Å². The first-order valence-electron chi connectivity index (χ1n) is 9.29. The maximum Gasteiger partial charge on any atom is 0.305 e. The third-order valence-electron chi connectivity index (χ3n) is 5.13. The molecule has 2 aliphatic heterocycles. The summed E-state index contributed by atoms with van der Waals surface area (Å²) in [6.07, 6.45) is 3.59. The number of carbonyl (C=O) groups excluding carboxylic acids is 3. The highest BCUT2D eigenvalue weighted by atomic mass is 16.5. The molecule has 0 saturated carbocycles. The molecule has 27 heavy (non-hydrogen) atoms. The van der Waals surface area contributed by atoms with Crippen molar-refractivity contribution in [2.24, 2.45) is 0 Å². The summed E-state index contributed by atoms with van der Waals surface area (Å²) < 4.78 is 15.7. The van der Waals surface area contributed by atoms with Gasteiger partial charge < -0.3 is 19.1 Å². The van der Waals surface area contributed by atoms with Gasteiger partial charge in [0.25, 0.3) is 5.91 Å². The van der Waals surface area contributed by atoms with Crippen molar-refractivity contribution >= 4 is 17.7 Å². The molecule has 1 aromatic rings. The van der Waals surface area contributed by atoms with Gasteiger partial charge in [0.1, 0.15) is 0 Å². The Balaban J connectivity index is 1.82. The molecule has 2 aliphatic rings. The van der Waals surface area contributed by atoms with Crippen LogP contribution in [0.5, 0.6) is 11.5 Å². The highest BCUT2D eigenvalue weighted by molar-refractivity contribution is 6.03. The lowest BCUT2D eigenvalue weighted by Gasteiger charge is -2.33. The van der Waals surface area contributed by atoms with Crippen molar-refractivity contribution in [3.8, 4) is 11.5 Å². The van der Waals surface area contributed by atoms with Gasteiger partial charge >= 0.3 is 5.97 Å². The quantitative estimate of drug-likeness (QED) is 0.560. The van der Waals surface area contributed by atoms with E-state index in [-0.39, 0.29) is 36.5 Å². The Hall–Kier alpha value is -2.57. The highest BCUT2D eigenvalue weighted by Gasteiger charge is 2.37. The van der Waals surface area contributed by atoms with Crippen LogP contribution < -0.4 is 9.47 Å². The SMILES string of the molecule is COC(=O)CCCOc1cc2c(cc1OC)C(=O)N1CCCC[C@H]1C(=O)C2. The maximum absolute atomic E-state index is 13.0. The van der Waals surface area contributed by atoms with Gasteiger partial charge in [-0.25, -0.2) is 0 Å². The minimum Gasteiger partial charge on any atom is -0.493 e. The fourth-order valence-corrected chi connectivity index (χ4v) is 3.69. The van der Waals surface area contributed by atoms with Crippen LogP contribution in [0, 0.1) is 0 Å². The van der Waals surface area contributed by atoms with Gasteiger partial charge in [0.15, 0.2) is 17.3 Å². The summed E-state index contributed by atoms with van der Waals surface area (Å²) in [5.41, 5.74) is 1.18. The van der Waals surface area contributed by atoms with Crippen LogP contribution in [-0.4, -0.2) is 56.0 Å². The van der Waals surface area contributed by atoms with Gasteiger partial charge in [0, 0.05) is 24.9 Å². The molecule has 0 unspecified atom stereocenters. The lowest BCUT2D eigenvalue weighted by Crippen LogP contribution is -2.46. The molecule has 0 radical (unpaired) electrons. The van der Waals surface area contributed by atoms with Crippen molar-refractivity contribution in [2.75, 3.05) is 27.4 Å². The molecule has 7 heteroatoms. The molecule has 1 fully saturated rings. The lowest BCUT2D eigenvalue weighted by molar-refractivity contribution is -0.140. The summed E-state index contributed by atoms with van der Waals surface area (Å²) in [6, 6.07) is 3.06. The van der Waals surface area contributed by atoms with E-state index in [1.807, 2.05) is 0 Å². The topological polar surface area (TPSA) is 82.1 Å². The molecule has 1 saturated heterocycles. The zero-order chi connectivity index (χ0) is 19.4. The summed E-state index contributed by atoms with van der Waals surface area (Å²) >= 11 is 0. The first-order chi connectivity index (χ1) is 13.0. The van der Waals surface area contributed by atoms with E-state index in [9.17, 15) is 14.4 Å². The van der Waals surface area contributed by atoms with Gasteiger partial charge in [0.05, 0.1) is 26.9 Å². The molecule has 0 aromatic heterocycles. The van der Waals surface area contributed by atoms with Crippen molar-refractivity contribution in [2.45, 2.75) is 44.6 Å². The molecule has 1 aromatic carbocycles. The molecule has 0 bridgehead atoms. The Morgan fingerprint density at radius 3 is 2.74 bits per heavy atom. The number of ether oxygens (including phenoxy) is 3. The Morgan fingerprint density at radius 1 is 1.19 bits per heavy atom. The Labute approximate surface area is 158 Å². The first-order valence-corrected chi connectivity index (χ1v) is 9.29. The van der Waals surface area contributed by atoms with Crippen molar-refractivity contribution in [3.63, 3.8) is 0 Å². The number of fused-ring (bicyclic) bond motifs is 2. The number of esters is 1. The van der Waals surface area contributed by atoms with Crippen molar-refractivity contribution in [1.82, 2.24) is 4.90 Å². The Bertz CT molecular complexity index is 744. The van der Waals surface area contributed by atoms with E-state index >= 15 is 0 Å². The molecule has 0 aliphatic carbocycles. The van der Waals surface area contributed by atoms with Crippen molar-refractivity contribution in [1.29, 1.82) is 0 Å². The van der Waals surface area contributed by atoms with Gasteiger partial charge in [-0.2, -0.15) is 0 Å². The van der Waals surface area contributed by atoms with Gasteiger partial charge in [0.2, 0.25) is 0 Å². The summed E-state index contributed by atoms with van der Waals surface area (Å²) in [5.74, 6) is 0.588. The predicted molar refractivity (Wildman–Crippen MR) is 97.1 cm³/mol. The summed E-state index contributed by atoms with van der Waals surface area (Å²) in [6.45, 7) is 0.920. The largest absolute Gasteiger partial charge is 0.493 e. The third kappa shape index (κ3) is 4.07. The minimum absolute atomic E-state index is 0.0728. The lowest BCUT2D eigenvalue weighted by atomic mass is 9.96. The normalized spacial score (nSPS) is 19.0. The van der Waals surface area contributed by atoms with Gasteiger partial charge in [-0.05, 0) is 43.4 Å². The van der Waals surface area contributed by atoms with Crippen LogP contribution >= 0.6 is 0 Å². The number of carbonyl (C=O) groups is 3. The van der Waals surface area contributed by atoms with E-state index in [0.29, 0.717) is 42.2 Å². The molecule has 2 heterocycles. The molecular weight excluding hydrogens is 350 g/mol. The number of ketones is 1. The van der Waals surface area contributed by atoms with Crippen LogP contribution in [0.2, 0.25) is 0 Å². The van der Waals surface area contributed by atoms with Crippen LogP contribution in [0.4, 0.5) is 0 Å². The zero-order valence-corrected chi connectivity index (χ0v) is 15.8. The average Bonchev–Trinajstić information content (AvgIpc) is 2.79. The number of piperidine rings is 1.